The second kappa shape index (κ2) is 5.16. The average Bonchev–Trinajstić information content (AvgIpc) is 2.99. The highest BCUT2D eigenvalue weighted by atomic mass is 32.2. The lowest BCUT2D eigenvalue weighted by molar-refractivity contribution is 0.480. The first kappa shape index (κ1) is 14.1. The second-order valence-electron chi connectivity index (χ2n) is 4.26. The molecule has 0 atom stereocenters. The van der Waals surface area contributed by atoms with Gasteiger partial charge in [0.25, 0.3) is 16.1 Å². The van der Waals surface area contributed by atoms with Crippen LogP contribution in [0, 0.1) is 0 Å². The molecule has 0 spiro atoms. The SMILES string of the molecule is O=S(=O)(O)c1cc(N=Nc2nc[nH]n2)c(O)c2ccccc12. The molecule has 3 rings (SSSR count). The van der Waals surface area contributed by atoms with Crippen LogP contribution in [0.15, 0.2) is 51.8 Å². The van der Waals surface area contributed by atoms with Gasteiger partial charge in [0.1, 0.15) is 16.9 Å². The molecule has 3 aromatic rings. The molecule has 0 unspecified atom stereocenters. The van der Waals surface area contributed by atoms with Gasteiger partial charge in [0.05, 0.1) is 0 Å². The van der Waals surface area contributed by atoms with Crippen LogP contribution < -0.4 is 0 Å². The molecular weight excluding hydrogens is 310 g/mol. The first-order chi connectivity index (χ1) is 10.5. The predicted octanol–water partition coefficient (Wildman–Crippen LogP) is 2.33. The quantitative estimate of drug-likeness (QED) is 0.499. The van der Waals surface area contributed by atoms with E-state index in [9.17, 15) is 18.1 Å². The summed E-state index contributed by atoms with van der Waals surface area (Å²) < 4.78 is 32.4. The van der Waals surface area contributed by atoms with E-state index in [4.69, 9.17) is 0 Å². The van der Waals surface area contributed by atoms with Crippen molar-refractivity contribution in [2.75, 3.05) is 0 Å². The minimum atomic E-state index is -4.49. The summed E-state index contributed by atoms with van der Waals surface area (Å²) >= 11 is 0. The Balaban J connectivity index is 2.25. The number of nitrogens with zero attached hydrogens (tertiary/aromatic N) is 4. The Bertz CT molecular complexity index is 967. The van der Waals surface area contributed by atoms with E-state index in [1.54, 1.807) is 12.1 Å². The lowest BCUT2D eigenvalue weighted by Gasteiger charge is -2.07. The van der Waals surface area contributed by atoms with E-state index in [-0.39, 0.29) is 33.1 Å². The van der Waals surface area contributed by atoms with Crippen molar-refractivity contribution in [2.24, 2.45) is 10.2 Å². The number of nitrogens with one attached hydrogen (secondary N) is 1. The van der Waals surface area contributed by atoms with Crippen molar-refractivity contribution >= 4 is 32.5 Å². The van der Waals surface area contributed by atoms with E-state index in [1.807, 2.05) is 0 Å². The van der Waals surface area contributed by atoms with Gasteiger partial charge in [-0.3, -0.25) is 9.65 Å². The number of azo groups is 1. The van der Waals surface area contributed by atoms with E-state index in [0.717, 1.165) is 6.07 Å². The summed E-state index contributed by atoms with van der Waals surface area (Å²) in [6.45, 7) is 0. The minimum absolute atomic E-state index is 0.0148. The number of aromatic amines is 1. The molecule has 0 amide bonds. The summed E-state index contributed by atoms with van der Waals surface area (Å²) in [4.78, 5) is 3.35. The highest BCUT2D eigenvalue weighted by molar-refractivity contribution is 7.86. The maximum absolute atomic E-state index is 11.5. The Hall–Kier alpha value is -2.85. The Labute approximate surface area is 124 Å². The highest BCUT2D eigenvalue weighted by Crippen LogP contribution is 2.39. The molecule has 22 heavy (non-hydrogen) atoms. The van der Waals surface area contributed by atoms with Crippen molar-refractivity contribution in [3.63, 3.8) is 0 Å². The van der Waals surface area contributed by atoms with Gasteiger partial charge in [-0.1, -0.05) is 24.3 Å². The fourth-order valence-electron chi connectivity index (χ4n) is 1.95. The summed E-state index contributed by atoms with van der Waals surface area (Å²) in [6.07, 6.45) is 1.29. The maximum Gasteiger partial charge on any atom is 0.295 e. The number of phenols is 1. The third kappa shape index (κ3) is 2.52. The normalized spacial score (nSPS) is 12.2. The van der Waals surface area contributed by atoms with Gasteiger partial charge in [-0.25, -0.2) is 0 Å². The summed E-state index contributed by atoms with van der Waals surface area (Å²) in [5.74, 6) is -0.247. The molecule has 10 heteroatoms. The lowest BCUT2D eigenvalue weighted by Crippen LogP contribution is -1.99. The molecule has 3 N–H and O–H groups in total. The zero-order valence-electron chi connectivity index (χ0n) is 10.9. The number of H-pyrrole nitrogens is 1. The van der Waals surface area contributed by atoms with Gasteiger partial charge in [0.15, 0.2) is 5.75 Å². The predicted molar refractivity (Wildman–Crippen MR) is 76.0 cm³/mol. The van der Waals surface area contributed by atoms with Gasteiger partial charge >= 0.3 is 0 Å². The van der Waals surface area contributed by atoms with Crippen LogP contribution in [-0.4, -0.2) is 33.3 Å². The van der Waals surface area contributed by atoms with Crippen LogP contribution in [0.1, 0.15) is 0 Å². The number of phenolic OH excluding ortho intramolecular Hbond substituents is 1. The standard InChI is InChI=1S/C12H9N5O4S/c18-11-8-4-2-1-3-7(8)10(22(19,20)21)5-9(11)15-17-12-13-6-14-16-12/h1-6,18H,(H,13,14,16)(H,19,20,21). The molecule has 0 radical (unpaired) electrons. The maximum atomic E-state index is 11.5. The van der Waals surface area contributed by atoms with Crippen molar-refractivity contribution in [3.05, 3.63) is 36.7 Å². The van der Waals surface area contributed by atoms with Crippen LogP contribution in [0.3, 0.4) is 0 Å². The molecule has 1 heterocycles. The minimum Gasteiger partial charge on any atom is -0.505 e. The smallest absolute Gasteiger partial charge is 0.295 e. The van der Waals surface area contributed by atoms with Crippen molar-refractivity contribution in [1.82, 2.24) is 15.2 Å². The fraction of sp³-hybridized carbons (Fsp3) is 0. The van der Waals surface area contributed by atoms with E-state index < -0.39 is 10.1 Å². The van der Waals surface area contributed by atoms with Crippen LogP contribution in [0.4, 0.5) is 11.6 Å². The molecule has 2 aromatic carbocycles. The number of hydrogen-bond donors (Lipinski definition) is 3. The molecule has 0 aliphatic rings. The van der Waals surface area contributed by atoms with Crippen LogP contribution in [0.25, 0.3) is 10.8 Å². The first-order valence-electron chi connectivity index (χ1n) is 5.96. The van der Waals surface area contributed by atoms with Crippen molar-refractivity contribution in [1.29, 1.82) is 0 Å². The molecular formula is C12H9N5O4S. The number of aromatic hydroxyl groups is 1. The Morgan fingerprint density at radius 1 is 1.14 bits per heavy atom. The average molecular weight is 319 g/mol. The second-order valence-corrected chi connectivity index (χ2v) is 5.65. The third-order valence-electron chi connectivity index (χ3n) is 2.89. The van der Waals surface area contributed by atoms with Gasteiger partial charge < -0.3 is 5.11 Å². The molecule has 0 saturated carbocycles. The topological polar surface area (TPSA) is 141 Å². The van der Waals surface area contributed by atoms with Crippen molar-refractivity contribution < 1.29 is 18.1 Å². The number of aromatic nitrogens is 3. The van der Waals surface area contributed by atoms with E-state index in [2.05, 4.69) is 25.4 Å². The molecule has 1 aromatic heterocycles. The van der Waals surface area contributed by atoms with Gasteiger partial charge in [0.2, 0.25) is 0 Å². The molecule has 0 bridgehead atoms. The molecule has 0 fully saturated rings. The largest absolute Gasteiger partial charge is 0.505 e. The van der Waals surface area contributed by atoms with Gasteiger partial charge in [-0.2, -0.15) is 13.4 Å². The number of hydrogen-bond acceptors (Lipinski definition) is 7. The summed E-state index contributed by atoms with van der Waals surface area (Å²) in [5.41, 5.74) is -0.129. The first-order valence-corrected chi connectivity index (χ1v) is 7.40. The Kier molecular flexibility index (Phi) is 3.31. The van der Waals surface area contributed by atoms with Crippen LogP contribution in [-0.2, 0) is 10.1 Å². The van der Waals surface area contributed by atoms with Gasteiger partial charge in [-0.05, 0) is 6.07 Å². The van der Waals surface area contributed by atoms with Crippen LogP contribution in [0.5, 0.6) is 5.75 Å². The fourth-order valence-corrected chi connectivity index (χ4v) is 2.67. The molecule has 0 aliphatic heterocycles. The van der Waals surface area contributed by atoms with Crippen molar-refractivity contribution in [3.8, 4) is 5.75 Å². The Morgan fingerprint density at radius 3 is 2.50 bits per heavy atom. The van der Waals surface area contributed by atoms with Gasteiger partial charge in [0, 0.05) is 10.8 Å². The third-order valence-corrected chi connectivity index (χ3v) is 3.78. The molecule has 112 valence electrons. The number of fused-ring (bicyclic) bond motifs is 1. The summed E-state index contributed by atoms with van der Waals surface area (Å²) in [6, 6.07) is 7.21. The van der Waals surface area contributed by atoms with Crippen LogP contribution >= 0.6 is 0 Å². The number of benzene rings is 2. The monoisotopic (exact) mass is 319 g/mol. The highest BCUT2D eigenvalue weighted by Gasteiger charge is 2.19. The lowest BCUT2D eigenvalue weighted by atomic mass is 10.1. The van der Waals surface area contributed by atoms with E-state index in [0.29, 0.717) is 0 Å². The Morgan fingerprint density at radius 2 is 1.86 bits per heavy atom. The molecule has 9 nitrogen and oxygen atoms in total. The summed E-state index contributed by atoms with van der Waals surface area (Å²) in [5, 5.41) is 24.1. The zero-order chi connectivity index (χ0) is 15.7. The summed E-state index contributed by atoms with van der Waals surface area (Å²) in [7, 11) is -4.49. The van der Waals surface area contributed by atoms with E-state index >= 15 is 0 Å². The van der Waals surface area contributed by atoms with E-state index in [1.165, 1.54) is 18.5 Å². The zero-order valence-corrected chi connectivity index (χ0v) is 11.7. The van der Waals surface area contributed by atoms with Gasteiger partial charge in [-0.15, -0.1) is 15.3 Å². The van der Waals surface area contributed by atoms with Crippen LogP contribution in [0.2, 0.25) is 0 Å². The van der Waals surface area contributed by atoms with Crippen molar-refractivity contribution in [2.45, 2.75) is 4.90 Å². The number of rotatable bonds is 3. The molecule has 0 saturated heterocycles. The molecule has 0 aliphatic carbocycles.